The van der Waals surface area contributed by atoms with Crippen LogP contribution >= 0.6 is 23.2 Å². The number of guanidine groups is 1. The monoisotopic (exact) mass is 565 g/mol. The zero-order chi connectivity index (χ0) is 27.9. The van der Waals surface area contributed by atoms with Gasteiger partial charge in [-0.05, 0) is 59.9 Å². The van der Waals surface area contributed by atoms with E-state index in [1.165, 1.54) is 6.08 Å². The van der Waals surface area contributed by atoms with Crippen molar-refractivity contribution in [3.63, 3.8) is 0 Å². The maximum absolute atomic E-state index is 13.5. The Morgan fingerprint density at radius 1 is 1.00 bits per heavy atom. The van der Waals surface area contributed by atoms with E-state index in [4.69, 9.17) is 34.7 Å². The van der Waals surface area contributed by atoms with Gasteiger partial charge in [0.2, 0.25) is 11.8 Å². The lowest BCUT2D eigenvalue weighted by Crippen LogP contribution is -2.60. The van der Waals surface area contributed by atoms with Crippen LogP contribution in [-0.2, 0) is 16.0 Å². The molecule has 4 rings (SSSR count). The van der Waals surface area contributed by atoms with Crippen molar-refractivity contribution in [2.24, 2.45) is 16.5 Å². The van der Waals surface area contributed by atoms with Crippen molar-refractivity contribution < 1.29 is 9.59 Å². The third kappa shape index (κ3) is 7.52. The van der Waals surface area contributed by atoms with Gasteiger partial charge >= 0.3 is 0 Å². The molecule has 7 nitrogen and oxygen atoms in total. The fraction of sp³-hybridized carbons (Fsp3) is 0.300. The number of nitrogens with two attached hydrogens (primary N) is 2. The zero-order valence-corrected chi connectivity index (χ0v) is 23.4. The molecule has 3 aromatic rings. The van der Waals surface area contributed by atoms with Crippen LogP contribution in [0.1, 0.15) is 30.9 Å². The molecular weight excluding hydrogens is 533 g/mol. The Balaban J connectivity index is 1.49. The smallest absolute Gasteiger partial charge is 0.246 e. The van der Waals surface area contributed by atoms with Crippen molar-refractivity contribution in [3.8, 4) is 0 Å². The van der Waals surface area contributed by atoms with Gasteiger partial charge in [-0.1, -0.05) is 71.7 Å². The van der Waals surface area contributed by atoms with E-state index in [0.717, 1.165) is 16.3 Å². The molecule has 3 aromatic carbocycles. The molecule has 1 heterocycles. The van der Waals surface area contributed by atoms with Gasteiger partial charge in [-0.3, -0.25) is 14.6 Å². The summed E-state index contributed by atoms with van der Waals surface area (Å²) < 4.78 is 0. The highest BCUT2D eigenvalue weighted by Gasteiger charge is 2.35. The summed E-state index contributed by atoms with van der Waals surface area (Å²) in [6.07, 6.45) is 4.86. The number of piperazine rings is 1. The maximum atomic E-state index is 13.5. The van der Waals surface area contributed by atoms with Crippen LogP contribution in [0.25, 0.3) is 16.8 Å². The topological polar surface area (TPSA) is 105 Å². The molecule has 0 saturated carbocycles. The summed E-state index contributed by atoms with van der Waals surface area (Å²) in [5.74, 6) is -0.0564. The van der Waals surface area contributed by atoms with Gasteiger partial charge in [-0.15, -0.1) is 0 Å². The molecule has 1 fully saturated rings. The lowest BCUT2D eigenvalue weighted by Gasteiger charge is -2.45. The summed E-state index contributed by atoms with van der Waals surface area (Å²) in [5, 5.41) is 3.25. The molecule has 0 unspecified atom stereocenters. The number of carbonyl (C=O) groups is 2. The summed E-state index contributed by atoms with van der Waals surface area (Å²) in [7, 11) is 0. The Bertz CT molecular complexity index is 1400. The lowest BCUT2D eigenvalue weighted by atomic mass is 10.00. The molecule has 0 aromatic heterocycles. The largest absolute Gasteiger partial charge is 0.370 e. The number of hydrogen-bond donors (Lipinski definition) is 2. The molecule has 1 aliphatic heterocycles. The standard InChI is InChI=1S/C30H33Cl2N5O2/c1-20-18-37(28(38)13-11-23-10-12-25(31)17-27(23)32)26(7-4-14-35-30(33)34)19-36(20)29(39)16-21-8-9-22-5-2-3-6-24(22)15-21/h2-3,5-6,8-13,15,17,20,26H,4,7,14,16,18-19H2,1H3,(H4,33,34,35)/b13-11+/t20-,26+/m1/s1. The van der Waals surface area contributed by atoms with E-state index in [1.807, 2.05) is 47.1 Å². The van der Waals surface area contributed by atoms with Crippen LogP contribution in [0.4, 0.5) is 0 Å². The number of fused-ring (bicyclic) bond motifs is 1. The fourth-order valence-corrected chi connectivity index (χ4v) is 5.43. The molecule has 39 heavy (non-hydrogen) atoms. The predicted octanol–water partition coefficient (Wildman–Crippen LogP) is 4.88. The van der Waals surface area contributed by atoms with Gasteiger partial charge in [0.25, 0.3) is 0 Å². The van der Waals surface area contributed by atoms with Crippen LogP contribution in [-0.4, -0.2) is 59.3 Å². The number of aliphatic imine (C=N–C) groups is 1. The average Bonchev–Trinajstić information content (AvgIpc) is 2.90. The Kier molecular flexibility index (Phi) is 9.49. The van der Waals surface area contributed by atoms with E-state index in [2.05, 4.69) is 17.1 Å². The number of rotatable bonds is 8. The average molecular weight is 567 g/mol. The molecule has 4 N–H and O–H groups in total. The first kappa shape index (κ1) is 28.5. The first-order valence-electron chi connectivity index (χ1n) is 13.0. The van der Waals surface area contributed by atoms with Gasteiger partial charge in [-0.2, -0.15) is 0 Å². The van der Waals surface area contributed by atoms with Crippen LogP contribution in [0.3, 0.4) is 0 Å². The van der Waals surface area contributed by atoms with Crippen LogP contribution in [0.15, 0.2) is 71.7 Å². The van der Waals surface area contributed by atoms with Gasteiger partial charge < -0.3 is 21.3 Å². The number of benzene rings is 3. The number of carbonyl (C=O) groups excluding carboxylic acids is 2. The fourth-order valence-electron chi connectivity index (χ4n) is 4.96. The maximum Gasteiger partial charge on any atom is 0.246 e. The third-order valence-corrected chi connectivity index (χ3v) is 7.53. The molecule has 204 valence electrons. The van der Waals surface area contributed by atoms with Gasteiger partial charge in [0, 0.05) is 47.8 Å². The highest BCUT2D eigenvalue weighted by atomic mass is 35.5. The summed E-state index contributed by atoms with van der Waals surface area (Å²) in [6, 6.07) is 19.1. The molecule has 0 bridgehead atoms. The number of halogens is 2. The van der Waals surface area contributed by atoms with Gasteiger partial charge in [0.15, 0.2) is 5.96 Å². The lowest BCUT2D eigenvalue weighted by molar-refractivity contribution is -0.143. The van der Waals surface area contributed by atoms with Gasteiger partial charge in [0.05, 0.1) is 6.42 Å². The zero-order valence-electron chi connectivity index (χ0n) is 21.9. The number of nitrogens with zero attached hydrogens (tertiary/aromatic N) is 3. The van der Waals surface area contributed by atoms with Crippen molar-refractivity contribution in [1.29, 1.82) is 0 Å². The van der Waals surface area contributed by atoms with Crippen molar-refractivity contribution in [2.75, 3.05) is 19.6 Å². The second kappa shape index (κ2) is 13.0. The number of hydrogen-bond acceptors (Lipinski definition) is 3. The molecule has 1 saturated heterocycles. The minimum absolute atomic E-state index is 0.0372. The minimum Gasteiger partial charge on any atom is -0.370 e. The molecule has 0 spiro atoms. The Morgan fingerprint density at radius 3 is 2.51 bits per heavy atom. The predicted molar refractivity (Wildman–Crippen MR) is 160 cm³/mol. The van der Waals surface area contributed by atoms with E-state index in [9.17, 15) is 9.59 Å². The molecular formula is C30H33Cl2N5O2. The molecule has 2 amide bonds. The summed E-state index contributed by atoms with van der Waals surface area (Å²) in [6.45, 7) is 3.30. The Morgan fingerprint density at radius 2 is 1.77 bits per heavy atom. The SMILES string of the molecule is C[C@@H]1CN(C(=O)/C=C/c2ccc(Cl)cc2Cl)[C@@H](CCCN=C(N)N)CN1C(=O)Cc1ccc2ccccc2c1. The summed E-state index contributed by atoms with van der Waals surface area (Å²) in [5.41, 5.74) is 12.6. The van der Waals surface area contributed by atoms with E-state index in [1.54, 1.807) is 24.3 Å². The van der Waals surface area contributed by atoms with Crippen molar-refractivity contribution in [3.05, 3.63) is 87.9 Å². The van der Waals surface area contributed by atoms with E-state index < -0.39 is 0 Å². The molecule has 2 atom stereocenters. The van der Waals surface area contributed by atoms with E-state index in [-0.39, 0.29) is 29.9 Å². The highest BCUT2D eigenvalue weighted by molar-refractivity contribution is 6.35. The first-order chi connectivity index (χ1) is 18.7. The quantitative estimate of drug-likeness (QED) is 0.175. The van der Waals surface area contributed by atoms with Crippen LogP contribution < -0.4 is 11.5 Å². The van der Waals surface area contributed by atoms with Gasteiger partial charge in [0.1, 0.15) is 0 Å². The number of amides is 2. The first-order valence-corrected chi connectivity index (χ1v) is 13.7. The molecule has 0 aliphatic carbocycles. The summed E-state index contributed by atoms with van der Waals surface area (Å²) in [4.78, 5) is 34.6. The van der Waals surface area contributed by atoms with E-state index >= 15 is 0 Å². The van der Waals surface area contributed by atoms with Crippen molar-refractivity contribution in [2.45, 2.75) is 38.3 Å². The normalized spacial score (nSPS) is 17.5. The molecule has 1 aliphatic rings. The summed E-state index contributed by atoms with van der Waals surface area (Å²) >= 11 is 12.3. The highest BCUT2D eigenvalue weighted by Crippen LogP contribution is 2.24. The van der Waals surface area contributed by atoms with Crippen LogP contribution in [0, 0.1) is 0 Å². The molecule has 0 radical (unpaired) electrons. The van der Waals surface area contributed by atoms with Crippen molar-refractivity contribution in [1.82, 2.24) is 9.80 Å². The molecule has 9 heteroatoms. The Labute approximate surface area is 239 Å². The second-order valence-corrected chi connectivity index (χ2v) is 10.7. The Hall–Kier alpha value is -3.55. The van der Waals surface area contributed by atoms with Crippen LogP contribution in [0.5, 0.6) is 0 Å². The van der Waals surface area contributed by atoms with Crippen LogP contribution in [0.2, 0.25) is 10.0 Å². The minimum atomic E-state index is -0.172. The van der Waals surface area contributed by atoms with E-state index in [0.29, 0.717) is 54.5 Å². The third-order valence-electron chi connectivity index (χ3n) is 6.97. The second-order valence-electron chi connectivity index (χ2n) is 9.85. The van der Waals surface area contributed by atoms with Gasteiger partial charge in [-0.25, -0.2) is 0 Å². The van der Waals surface area contributed by atoms with Crippen molar-refractivity contribution >= 4 is 57.8 Å².